The summed E-state index contributed by atoms with van der Waals surface area (Å²) in [5, 5.41) is 3.42. The largest absolute Gasteiger partial charge is 0.306 e. The van der Waals surface area contributed by atoms with Gasteiger partial charge in [0.2, 0.25) is 0 Å². The first-order chi connectivity index (χ1) is 9.93. The van der Waals surface area contributed by atoms with Crippen molar-refractivity contribution in [3.05, 3.63) is 66.3 Å². The third-order valence-electron chi connectivity index (χ3n) is 3.27. The number of halogens is 4. The second kappa shape index (κ2) is 7.36. The summed E-state index contributed by atoms with van der Waals surface area (Å²) in [5.74, 6) is -0.252. The molecule has 1 unspecified atom stereocenters. The van der Waals surface area contributed by atoms with Crippen molar-refractivity contribution in [2.24, 2.45) is 0 Å². The predicted octanol–water partition coefficient (Wildman–Crippen LogP) is 6.12. The van der Waals surface area contributed by atoms with Crippen LogP contribution in [0.1, 0.15) is 29.7 Å². The van der Waals surface area contributed by atoms with E-state index < -0.39 is 0 Å². The smallest absolute Gasteiger partial charge is 0.137 e. The third-order valence-corrected chi connectivity index (χ3v) is 5.46. The van der Waals surface area contributed by atoms with Gasteiger partial charge in [-0.25, -0.2) is 4.39 Å². The van der Waals surface area contributed by atoms with E-state index in [0.717, 1.165) is 32.2 Å². The van der Waals surface area contributed by atoms with E-state index in [-0.39, 0.29) is 11.9 Å². The van der Waals surface area contributed by atoms with Gasteiger partial charge in [-0.3, -0.25) is 0 Å². The molecule has 5 heteroatoms. The molecule has 0 radical (unpaired) electrons. The number of hydrogen-bond acceptors (Lipinski definition) is 1. The van der Waals surface area contributed by atoms with Crippen molar-refractivity contribution in [1.82, 2.24) is 5.32 Å². The quantitative estimate of drug-likeness (QED) is 0.557. The fraction of sp³-hybridized carbons (Fsp3) is 0.250. The molecule has 112 valence electrons. The van der Waals surface area contributed by atoms with Crippen LogP contribution < -0.4 is 5.32 Å². The summed E-state index contributed by atoms with van der Waals surface area (Å²) in [7, 11) is 0. The fourth-order valence-corrected chi connectivity index (χ4v) is 3.48. The Kier molecular flexibility index (Phi) is 6.00. The maximum atomic E-state index is 13.8. The third kappa shape index (κ3) is 3.95. The van der Waals surface area contributed by atoms with Gasteiger partial charge in [-0.2, -0.15) is 0 Å². The van der Waals surface area contributed by atoms with Gasteiger partial charge in [0.15, 0.2) is 0 Å². The maximum Gasteiger partial charge on any atom is 0.137 e. The molecule has 0 bridgehead atoms. The molecule has 0 saturated carbocycles. The Morgan fingerprint density at radius 1 is 1.05 bits per heavy atom. The average molecular weight is 480 g/mol. The van der Waals surface area contributed by atoms with Crippen molar-refractivity contribution in [2.45, 2.75) is 19.9 Å². The van der Waals surface area contributed by atoms with Gasteiger partial charge in [-0.1, -0.05) is 44.8 Å². The van der Waals surface area contributed by atoms with Crippen LogP contribution in [0.5, 0.6) is 0 Å². The number of hydrogen-bond donors (Lipinski definition) is 1. The zero-order valence-electron chi connectivity index (χ0n) is 11.7. The Hall–Kier alpha value is -0.230. The lowest BCUT2D eigenvalue weighted by atomic mass is 9.97. The van der Waals surface area contributed by atoms with Crippen LogP contribution in [0.25, 0.3) is 0 Å². The SMILES string of the molecule is CCNC(c1ccc(Br)c(F)c1)c1cc(Br)c(C)cc1Br. The van der Waals surface area contributed by atoms with Gasteiger partial charge in [0.05, 0.1) is 10.5 Å². The highest BCUT2D eigenvalue weighted by molar-refractivity contribution is 9.11. The van der Waals surface area contributed by atoms with Gasteiger partial charge in [0, 0.05) is 8.95 Å². The molecule has 0 heterocycles. The van der Waals surface area contributed by atoms with Crippen molar-refractivity contribution in [3.63, 3.8) is 0 Å². The molecule has 0 aromatic heterocycles. The highest BCUT2D eigenvalue weighted by atomic mass is 79.9. The topological polar surface area (TPSA) is 12.0 Å². The minimum atomic E-state index is -0.252. The summed E-state index contributed by atoms with van der Waals surface area (Å²) in [6, 6.07) is 9.32. The van der Waals surface area contributed by atoms with Crippen LogP contribution in [0.15, 0.2) is 43.7 Å². The van der Waals surface area contributed by atoms with Gasteiger partial charge in [-0.05, 0) is 70.4 Å². The summed E-state index contributed by atoms with van der Waals surface area (Å²) in [6.07, 6.45) is 0. The monoisotopic (exact) mass is 477 g/mol. The second-order valence-electron chi connectivity index (χ2n) is 4.79. The number of nitrogens with one attached hydrogen (secondary N) is 1. The molecule has 0 aliphatic carbocycles. The summed E-state index contributed by atoms with van der Waals surface area (Å²) >= 11 is 10.4. The molecule has 0 spiro atoms. The van der Waals surface area contributed by atoms with Crippen LogP contribution in [0.3, 0.4) is 0 Å². The summed E-state index contributed by atoms with van der Waals surface area (Å²) in [5.41, 5.74) is 3.13. The van der Waals surface area contributed by atoms with Crippen LogP contribution in [0, 0.1) is 12.7 Å². The van der Waals surface area contributed by atoms with Crippen molar-refractivity contribution in [1.29, 1.82) is 0 Å². The molecular weight excluding hydrogens is 465 g/mol. The van der Waals surface area contributed by atoms with E-state index in [1.165, 1.54) is 0 Å². The molecular formula is C16H15Br3FN. The highest BCUT2D eigenvalue weighted by Crippen LogP contribution is 2.34. The molecule has 2 aromatic carbocycles. The van der Waals surface area contributed by atoms with E-state index in [2.05, 4.69) is 65.2 Å². The summed E-state index contributed by atoms with van der Waals surface area (Å²) in [6.45, 7) is 4.87. The molecule has 1 atom stereocenters. The normalized spacial score (nSPS) is 12.5. The van der Waals surface area contributed by atoms with Gasteiger partial charge in [0.25, 0.3) is 0 Å². The Balaban J connectivity index is 2.52. The molecule has 0 amide bonds. The first-order valence-electron chi connectivity index (χ1n) is 6.58. The number of aryl methyl sites for hydroxylation is 1. The highest BCUT2D eigenvalue weighted by Gasteiger charge is 2.18. The average Bonchev–Trinajstić information content (AvgIpc) is 2.44. The molecule has 21 heavy (non-hydrogen) atoms. The van der Waals surface area contributed by atoms with Crippen molar-refractivity contribution in [2.75, 3.05) is 6.54 Å². The molecule has 0 aliphatic heterocycles. The van der Waals surface area contributed by atoms with E-state index in [9.17, 15) is 4.39 Å². The number of benzene rings is 2. The standard InChI is InChI=1S/C16H15Br3FN/c1-3-21-16(10-4-5-12(17)15(20)7-10)11-8-13(18)9(2)6-14(11)19/h4-8,16,21H,3H2,1-2H3. The lowest BCUT2D eigenvalue weighted by Crippen LogP contribution is -2.22. The fourth-order valence-electron chi connectivity index (χ4n) is 2.19. The molecule has 0 saturated heterocycles. The predicted molar refractivity (Wildman–Crippen MR) is 96.2 cm³/mol. The summed E-state index contributed by atoms with van der Waals surface area (Å²) in [4.78, 5) is 0. The molecule has 1 N–H and O–H groups in total. The van der Waals surface area contributed by atoms with E-state index in [4.69, 9.17) is 0 Å². The van der Waals surface area contributed by atoms with E-state index >= 15 is 0 Å². The Bertz CT molecular complexity index is 658. The Morgan fingerprint density at radius 2 is 1.76 bits per heavy atom. The Morgan fingerprint density at radius 3 is 2.38 bits per heavy atom. The minimum Gasteiger partial charge on any atom is -0.306 e. The minimum absolute atomic E-state index is 0.0659. The van der Waals surface area contributed by atoms with E-state index in [0.29, 0.717) is 4.47 Å². The van der Waals surface area contributed by atoms with Gasteiger partial charge < -0.3 is 5.32 Å². The molecule has 0 aliphatic rings. The van der Waals surface area contributed by atoms with E-state index in [1.54, 1.807) is 12.1 Å². The lowest BCUT2D eigenvalue weighted by molar-refractivity contribution is 0.598. The van der Waals surface area contributed by atoms with Crippen molar-refractivity contribution in [3.8, 4) is 0 Å². The van der Waals surface area contributed by atoms with Gasteiger partial charge >= 0.3 is 0 Å². The number of rotatable bonds is 4. The van der Waals surface area contributed by atoms with Crippen LogP contribution >= 0.6 is 47.8 Å². The van der Waals surface area contributed by atoms with Crippen LogP contribution in [-0.4, -0.2) is 6.54 Å². The molecule has 2 aromatic rings. The molecule has 1 nitrogen and oxygen atoms in total. The van der Waals surface area contributed by atoms with E-state index in [1.807, 2.05) is 19.9 Å². The zero-order valence-corrected chi connectivity index (χ0v) is 16.4. The van der Waals surface area contributed by atoms with Gasteiger partial charge in [-0.15, -0.1) is 0 Å². The summed E-state index contributed by atoms with van der Waals surface area (Å²) < 4.78 is 16.4. The van der Waals surface area contributed by atoms with Crippen LogP contribution in [0.4, 0.5) is 4.39 Å². The Labute approximate surface area is 149 Å². The zero-order chi connectivity index (χ0) is 15.6. The lowest BCUT2D eigenvalue weighted by Gasteiger charge is -2.21. The maximum absolute atomic E-state index is 13.8. The first kappa shape index (κ1) is 17.1. The molecule has 0 fully saturated rings. The van der Waals surface area contributed by atoms with Crippen LogP contribution in [0.2, 0.25) is 0 Å². The van der Waals surface area contributed by atoms with Gasteiger partial charge in [0.1, 0.15) is 5.82 Å². The van der Waals surface area contributed by atoms with Crippen molar-refractivity contribution < 1.29 is 4.39 Å². The molecule has 2 rings (SSSR count). The van der Waals surface area contributed by atoms with Crippen molar-refractivity contribution >= 4 is 47.8 Å². The second-order valence-corrected chi connectivity index (χ2v) is 7.35. The first-order valence-corrected chi connectivity index (χ1v) is 8.95. The van der Waals surface area contributed by atoms with Crippen LogP contribution in [-0.2, 0) is 0 Å².